The van der Waals surface area contributed by atoms with Crippen LogP contribution in [0.5, 0.6) is 0 Å². The van der Waals surface area contributed by atoms with Crippen LogP contribution in [0.15, 0.2) is 24.3 Å². The van der Waals surface area contributed by atoms with Gasteiger partial charge in [0.05, 0.1) is 35.3 Å². The van der Waals surface area contributed by atoms with Crippen molar-refractivity contribution in [2.75, 3.05) is 28.2 Å². The van der Waals surface area contributed by atoms with Gasteiger partial charge >= 0.3 is 0 Å². The molecule has 0 spiro atoms. The normalized spacial score (nSPS) is 9.83. The van der Waals surface area contributed by atoms with Gasteiger partial charge in [-0.2, -0.15) is 0 Å². The van der Waals surface area contributed by atoms with Crippen LogP contribution in [0.4, 0.5) is 0 Å². The van der Waals surface area contributed by atoms with Gasteiger partial charge in [-0.15, -0.1) is 0 Å². The Morgan fingerprint density at radius 2 is 1.37 bits per heavy atom. The summed E-state index contributed by atoms with van der Waals surface area (Å²) in [5, 5.41) is 0. The second-order valence-electron chi connectivity index (χ2n) is 6.68. The second kappa shape index (κ2) is 16.5. The Morgan fingerprint density at radius 3 is 1.80 bits per heavy atom. The number of amides is 1. The first-order chi connectivity index (χ1) is 12.3. The molecule has 0 saturated carbocycles. The first-order valence-corrected chi connectivity index (χ1v) is 8.13. The summed E-state index contributed by atoms with van der Waals surface area (Å²) in [5.74, 6) is 6.25. The Hall–Kier alpha value is -0.182. The summed E-state index contributed by atoms with van der Waals surface area (Å²) < 4.78 is 0. The molecule has 30 heavy (non-hydrogen) atoms. The maximum atomic E-state index is 11.6. The minimum absolute atomic E-state index is 0. The van der Waals surface area contributed by atoms with E-state index in [1.54, 1.807) is 18.2 Å². The van der Waals surface area contributed by atoms with Crippen molar-refractivity contribution >= 4 is 5.91 Å². The molecule has 0 aliphatic heterocycles. The van der Waals surface area contributed by atoms with E-state index < -0.39 is 5.91 Å². The van der Waals surface area contributed by atoms with Gasteiger partial charge in [-0.3, -0.25) is 0 Å². The maximum absolute atomic E-state index is 11.6. The fourth-order valence-electron chi connectivity index (χ4n) is 2.61. The van der Waals surface area contributed by atoms with E-state index in [4.69, 9.17) is 11.6 Å². The summed E-state index contributed by atoms with van der Waals surface area (Å²) in [5.41, 5.74) is 11.2. The van der Waals surface area contributed by atoms with Crippen LogP contribution in [0.1, 0.15) is 27.3 Å². The van der Waals surface area contributed by atoms with Crippen molar-refractivity contribution in [3.05, 3.63) is 73.3 Å². The third-order valence-electron chi connectivity index (χ3n) is 3.54. The third kappa shape index (κ3) is 10.9. The van der Waals surface area contributed by atoms with Gasteiger partial charge in [0.2, 0.25) is 0 Å². The molecule has 0 aromatic carbocycles. The molecule has 0 atom stereocenters. The molecule has 0 bridgehead atoms. The summed E-state index contributed by atoms with van der Waals surface area (Å²) in [6, 6.07) is 6.91. The number of aromatic nitrogens is 2. The number of nitrogens with zero attached hydrogens (tertiary/aromatic N) is 4. The number of hydrogen-bond donors (Lipinski definition) is 0. The first-order valence-electron chi connectivity index (χ1n) is 8.13. The van der Waals surface area contributed by atoms with Gasteiger partial charge in [-0.25, -0.2) is 9.97 Å². The second-order valence-corrected chi connectivity index (χ2v) is 6.68. The van der Waals surface area contributed by atoms with Gasteiger partial charge in [0.15, 0.2) is 0 Å². The number of carbonyl (C=O) groups excluding carboxylic acids is 1. The fourth-order valence-corrected chi connectivity index (χ4v) is 2.61. The molecule has 2 N–H and O–H groups in total. The van der Waals surface area contributed by atoms with Crippen LogP contribution < -0.4 is 0 Å². The van der Waals surface area contributed by atoms with Gasteiger partial charge in [-0.05, 0) is 58.0 Å². The van der Waals surface area contributed by atoms with Crippen molar-refractivity contribution in [1.29, 1.82) is 0 Å². The van der Waals surface area contributed by atoms with Crippen LogP contribution in [0.25, 0.3) is 23.0 Å². The molecule has 2 aromatic heterocycles. The molecule has 2 heterocycles. The monoisotopic (exact) mass is 564 g/mol. The SMILES string of the molecule is CN(C)Cc1cc(CO[NH-])cc(-c2cc(C([NH-])=O)cc(CN(C)C)n2)n1.[CH3-].[CH3-].[Y].[Y]. The molecular weight excluding hydrogens is 534 g/mol. The number of hydrogen-bond acceptors (Lipinski definition) is 6. The average molecular weight is 564 g/mol. The zero-order valence-electron chi connectivity index (χ0n) is 18.7. The van der Waals surface area contributed by atoms with E-state index in [-0.39, 0.29) is 92.4 Å². The largest absolute Gasteiger partial charge is 0.664 e. The molecule has 1 amide bonds. The molecule has 0 fully saturated rings. The molecule has 2 aromatic rings. The van der Waals surface area contributed by atoms with Crippen molar-refractivity contribution in [1.82, 2.24) is 19.8 Å². The van der Waals surface area contributed by atoms with Gasteiger partial charge in [-0.1, -0.05) is 0 Å². The molecule has 0 saturated heterocycles. The van der Waals surface area contributed by atoms with Crippen LogP contribution in [0, 0.1) is 14.9 Å². The third-order valence-corrected chi connectivity index (χ3v) is 3.54. The van der Waals surface area contributed by atoms with Crippen molar-refractivity contribution in [3.63, 3.8) is 0 Å². The topological polar surface area (TPSA) is 106 Å². The molecule has 2 radical (unpaired) electrons. The van der Waals surface area contributed by atoms with Crippen LogP contribution in [-0.2, 0) is 90.0 Å². The van der Waals surface area contributed by atoms with Crippen molar-refractivity contribution in [3.8, 4) is 11.4 Å². The Balaban J connectivity index is -0.00000182. The van der Waals surface area contributed by atoms with Gasteiger partial charge in [0, 0.05) is 84.1 Å². The summed E-state index contributed by atoms with van der Waals surface area (Å²) >= 11 is 0. The Kier molecular flexibility index (Phi) is 18.9. The molecule has 10 heteroatoms. The van der Waals surface area contributed by atoms with E-state index in [0.29, 0.717) is 30.2 Å². The minimum atomic E-state index is -0.757. The molecular formula is C20H30N6O2Y2-4. The van der Waals surface area contributed by atoms with Gasteiger partial charge in [0.1, 0.15) is 0 Å². The van der Waals surface area contributed by atoms with Crippen LogP contribution >= 0.6 is 0 Å². The predicted octanol–water partition coefficient (Wildman–Crippen LogP) is 3.84. The number of nitrogens with one attached hydrogen (secondary N) is 2. The van der Waals surface area contributed by atoms with Crippen molar-refractivity contribution < 1.29 is 75.1 Å². The molecule has 0 aliphatic rings. The Labute approximate surface area is 231 Å². The van der Waals surface area contributed by atoms with Crippen molar-refractivity contribution in [2.24, 2.45) is 0 Å². The van der Waals surface area contributed by atoms with E-state index in [9.17, 15) is 4.79 Å². The Bertz CT molecular complexity index is 788. The van der Waals surface area contributed by atoms with E-state index in [1.165, 1.54) is 0 Å². The molecule has 2 rings (SSSR count). The van der Waals surface area contributed by atoms with E-state index in [1.807, 2.05) is 44.1 Å². The van der Waals surface area contributed by atoms with E-state index >= 15 is 0 Å². The minimum Gasteiger partial charge on any atom is -0.664 e. The summed E-state index contributed by atoms with van der Waals surface area (Å²) in [4.78, 5) is 29.3. The molecule has 0 unspecified atom stereocenters. The average Bonchev–Trinajstić information content (AvgIpc) is 2.53. The zero-order chi connectivity index (χ0) is 19.3. The number of rotatable bonds is 8. The maximum Gasteiger partial charge on any atom is 0.0896 e. The fraction of sp³-hybridized carbons (Fsp3) is 0.350. The smallest absolute Gasteiger partial charge is 0.0896 e. The van der Waals surface area contributed by atoms with Gasteiger partial charge in [0.25, 0.3) is 0 Å². The summed E-state index contributed by atoms with van der Waals surface area (Å²) in [6.07, 6.45) is 0. The van der Waals surface area contributed by atoms with Crippen LogP contribution in [0.2, 0.25) is 0 Å². The van der Waals surface area contributed by atoms with Crippen molar-refractivity contribution in [2.45, 2.75) is 19.7 Å². The Morgan fingerprint density at radius 1 is 0.900 bits per heavy atom. The summed E-state index contributed by atoms with van der Waals surface area (Å²) in [6.45, 7) is 1.31. The standard InChI is InChI=1S/C18H25N6O2.2CH3.2Y/c1-23(2)9-14-5-12(11-26-20)6-16(21-14)17-8-13(18(19)25)7-15(22-17)10-24(3)4;;;;/h5-8,20H,9-11H2,1-4H3,(H2,19,25);2*1H3;;/q3*-1;;/p-1. The summed E-state index contributed by atoms with van der Waals surface area (Å²) in [7, 11) is 7.72. The van der Waals surface area contributed by atoms with Gasteiger partial charge < -0.3 is 45.9 Å². The zero-order valence-corrected chi connectivity index (χ0v) is 24.4. The number of pyridine rings is 2. The van der Waals surface area contributed by atoms with Crippen LogP contribution in [-0.4, -0.2) is 53.9 Å². The predicted molar refractivity (Wildman–Crippen MR) is 113 cm³/mol. The quantitative estimate of drug-likeness (QED) is 0.357. The first kappa shape index (κ1) is 34.4. The van der Waals surface area contributed by atoms with Crippen LogP contribution in [0.3, 0.4) is 0 Å². The molecule has 0 aliphatic carbocycles. The molecule has 162 valence electrons. The van der Waals surface area contributed by atoms with E-state index in [0.717, 1.165) is 11.3 Å². The molecule has 8 nitrogen and oxygen atoms in total. The van der Waals surface area contributed by atoms with E-state index in [2.05, 4.69) is 14.8 Å². The number of carbonyl (C=O) groups is 1.